The molecule has 22 heavy (non-hydrogen) atoms. The number of urea groups is 1. The summed E-state index contributed by atoms with van der Waals surface area (Å²) in [6.07, 6.45) is 4.29. The normalized spacial score (nSPS) is 17.3. The van der Waals surface area contributed by atoms with Gasteiger partial charge in [-0.1, -0.05) is 6.07 Å². The van der Waals surface area contributed by atoms with Gasteiger partial charge in [-0.15, -0.1) is 11.8 Å². The van der Waals surface area contributed by atoms with Crippen molar-refractivity contribution in [1.29, 1.82) is 0 Å². The third-order valence-corrected chi connectivity index (χ3v) is 4.50. The molecular formula is C16H24N2O3S. The molecule has 0 aromatic heterocycles. The van der Waals surface area contributed by atoms with Gasteiger partial charge in [0.05, 0.1) is 13.2 Å². The molecule has 0 saturated carbocycles. The number of carbonyl (C=O) groups excluding carboxylic acids is 1. The molecule has 1 atom stereocenters. The van der Waals surface area contributed by atoms with Crippen LogP contribution in [0.4, 0.5) is 4.79 Å². The van der Waals surface area contributed by atoms with Crippen molar-refractivity contribution in [3.63, 3.8) is 0 Å². The van der Waals surface area contributed by atoms with Crippen molar-refractivity contribution in [3.05, 3.63) is 23.8 Å². The van der Waals surface area contributed by atoms with E-state index in [1.807, 2.05) is 24.5 Å². The maximum absolute atomic E-state index is 12.1. The molecule has 6 heteroatoms. The number of carbonyl (C=O) groups is 1. The van der Waals surface area contributed by atoms with Gasteiger partial charge >= 0.3 is 6.03 Å². The number of amides is 2. The molecule has 1 aromatic carbocycles. The minimum absolute atomic E-state index is 0.0802. The minimum atomic E-state index is -0.0802. The molecule has 2 rings (SSSR count). The van der Waals surface area contributed by atoms with Crippen LogP contribution in [0.1, 0.15) is 18.4 Å². The lowest BCUT2D eigenvalue weighted by molar-refractivity contribution is 0.109. The first kappa shape index (κ1) is 17.0. The predicted molar refractivity (Wildman–Crippen MR) is 88.6 cm³/mol. The van der Waals surface area contributed by atoms with E-state index in [4.69, 9.17) is 9.47 Å². The lowest BCUT2D eigenvalue weighted by Gasteiger charge is -2.20. The molecule has 122 valence electrons. The van der Waals surface area contributed by atoms with Gasteiger partial charge in [0.15, 0.2) is 0 Å². The van der Waals surface area contributed by atoms with E-state index < -0.39 is 0 Å². The number of ether oxygens (including phenoxy) is 2. The van der Waals surface area contributed by atoms with E-state index in [1.54, 1.807) is 30.8 Å². The molecule has 1 aliphatic rings. The number of benzene rings is 1. The number of methoxy groups -OCH3 is 1. The van der Waals surface area contributed by atoms with Gasteiger partial charge in [-0.2, -0.15) is 0 Å². The van der Waals surface area contributed by atoms with Gasteiger partial charge in [-0.25, -0.2) is 4.79 Å². The second-order valence-corrected chi connectivity index (χ2v) is 6.21. The van der Waals surface area contributed by atoms with Crippen molar-refractivity contribution in [2.24, 2.45) is 0 Å². The topological polar surface area (TPSA) is 50.8 Å². The Kier molecular flexibility index (Phi) is 6.39. The number of hydrogen-bond acceptors (Lipinski definition) is 4. The third-order valence-electron chi connectivity index (χ3n) is 3.72. The van der Waals surface area contributed by atoms with E-state index in [-0.39, 0.29) is 12.1 Å². The van der Waals surface area contributed by atoms with Crippen LogP contribution in [0.3, 0.4) is 0 Å². The van der Waals surface area contributed by atoms with Crippen LogP contribution in [-0.4, -0.2) is 50.6 Å². The van der Waals surface area contributed by atoms with E-state index in [0.717, 1.165) is 35.7 Å². The van der Waals surface area contributed by atoms with Gasteiger partial charge in [0.2, 0.25) is 0 Å². The summed E-state index contributed by atoms with van der Waals surface area (Å²) in [5.74, 6) is 0.846. The SMILES string of the molecule is COc1cc(CN(C)C(=O)NCC2CCCO2)ccc1SC. The summed E-state index contributed by atoms with van der Waals surface area (Å²) in [6.45, 7) is 1.93. The predicted octanol–water partition coefficient (Wildman–Crippen LogP) is 2.74. The first-order chi connectivity index (χ1) is 10.6. The molecule has 0 aliphatic carbocycles. The van der Waals surface area contributed by atoms with Crippen molar-refractivity contribution in [1.82, 2.24) is 10.2 Å². The molecule has 1 heterocycles. The quantitative estimate of drug-likeness (QED) is 0.818. The Balaban J connectivity index is 1.87. The zero-order valence-corrected chi connectivity index (χ0v) is 14.2. The number of nitrogens with one attached hydrogen (secondary N) is 1. The average Bonchev–Trinajstić information content (AvgIpc) is 3.05. The van der Waals surface area contributed by atoms with Crippen LogP contribution in [0.15, 0.2) is 23.1 Å². The van der Waals surface area contributed by atoms with Crippen LogP contribution in [-0.2, 0) is 11.3 Å². The van der Waals surface area contributed by atoms with E-state index in [2.05, 4.69) is 5.32 Å². The first-order valence-corrected chi connectivity index (χ1v) is 8.68. The third kappa shape index (κ3) is 4.55. The van der Waals surface area contributed by atoms with Gasteiger partial charge in [-0.05, 0) is 36.8 Å². The molecule has 1 fully saturated rings. The largest absolute Gasteiger partial charge is 0.496 e. The maximum atomic E-state index is 12.1. The fraction of sp³-hybridized carbons (Fsp3) is 0.562. The van der Waals surface area contributed by atoms with Gasteiger partial charge in [-0.3, -0.25) is 0 Å². The monoisotopic (exact) mass is 324 g/mol. The van der Waals surface area contributed by atoms with Crippen LogP contribution in [0.25, 0.3) is 0 Å². The summed E-state index contributed by atoms with van der Waals surface area (Å²) < 4.78 is 10.9. The molecule has 0 spiro atoms. The minimum Gasteiger partial charge on any atom is -0.496 e. The highest BCUT2D eigenvalue weighted by Gasteiger charge is 2.17. The molecule has 1 saturated heterocycles. The molecule has 5 nitrogen and oxygen atoms in total. The first-order valence-electron chi connectivity index (χ1n) is 7.45. The molecule has 0 bridgehead atoms. The van der Waals surface area contributed by atoms with Gasteiger partial charge < -0.3 is 19.7 Å². The zero-order valence-electron chi connectivity index (χ0n) is 13.4. The molecule has 1 aliphatic heterocycles. The summed E-state index contributed by atoms with van der Waals surface area (Å²) in [6, 6.07) is 5.95. The lowest BCUT2D eigenvalue weighted by atomic mass is 10.2. The number of nitrogens with zero attached hydrogens (tertiary/aromatic N) is 1. The Morgan fingerprint density at radius 1 is 1.55 bits per heavy atom. The van der Waals surface area contributed by atoms with Crippen LogP contribution >= 0.6 is 11.8 Å². The highest BCUT2D eigenvalue weighted by Crippen LogP contribution is 2.28. The molecule has 1 unspecified atom stereocenters. The fourth-order valence-corrected chi connectivity index (χ4v) is 3.01. The van der Waals surface area contributed by atoms with E-state index >= 15 is 0 Å². The van der Waals surface area contributed by atoms with Crippen LogP contribution < -0.4 is 10.1 Å². The Morgan fingerprint density at radius 3 is 3.00 bits per heavy atom. The standard InChI is InChI=1S/C16H24N2O3S/c1-18(16(19)17-10-13-5-4-8-21-13)11-12-6-7-15(22-3)14(9-12)20-2/h6-7,9,13H,4-5,8,10-11H2,1-3H3,(H,17,19). The summed E-state index contributed by atoms with van der Waals surface area (Å²) in [5, 5.41) is 2.92. The maximum Gasteiger partial charge on any atom is 0.317 e. The summed E-state index contributed by atoms with van der Waals surface area (Å²) in [4.78, 5) is 14.9. The molecule has 2 amide bonds. The van der Waals surface area contributed by atoms with Crippen LogP contribution in [0, 0.1) is 0 Å². The number of rotatable bonds is 6. The Labute approximate surface area is 136 Å². The summed E-state index contributed by atoms with van der Waals surface area (Å²) >= 11 is 1.64. The Bertz CT molecular complexity index is 504. The fourth-order valence-electron chi connectivity index (χ4n) is 2.47. The second-order valence-electron chi connectivity index (χ2n) is 5.37. The molecule has 1 aromatic rings. The lowest BCUT2D eigenvalue weighted by Crippen LogP contribution is -2.40. The highest BCUT2D eigenvalue weighted by atomic mass is 32.2. The van der Waals surface area contributed by atoms with Crippen molar-refractivity contribution in [3.8, 4) is 5.75 Å². The second kappa shape index (κ2) is 8.29. The van der Waals surface area contributed by atoms with Crippen LogP contribution in [0.2, 0.25) is 0 Å². The van der Waals surface area contributed by atoms with Crippen molar-refractivity contribution in [2.45, 2.75) is 30.4 Å². The Morgan fingerprint density at radius 2 is 2.36 bits per heavy atom. The Hall–Kier alpha value is -1.40. The number of hydrogen-bond donors (Lipinski definition) is 1. The molecular weight excluding hydrogens is 300 g/mol. The van der Waals surface area contributed by atoms with Gasteiger partial charge in [0, 0.05) is 31.6 Å². The van der Waals surface area contributed by atoms with Crippen LogP contribution in [0.5, 0.6) is 5.75 Å². The van der Waals surface area contributed by atoms with Crippen molar-refractivity contribution >= 4 is 17.8 Å². The highest BCUT2D eigenvalue weighted by molar-refractivity contribution is 7.98. The summed E-state index contributed by atoms with van der Waals surface area (Å²) in [5.41, 5.74) is 1.05. The smallest absolute Gasteiger partial charge is 0.317 e. The van der Waals surface area contributed by atoms with Gasteiger partial charge in [0.1, 0.15) is 5.75 Å². The summed E-state index contributed by atoms with van der Waals surface area (Å²) in [7, 11) is 3.46. The van der Waals surface area contributed by atoms with E-state index in [1.165, 1.54) is 0 Å². The molecule has 1 N–H and O–H groups in total. The van der Waals surface area contributed by atoms with Gasteiger partial charge in [0.25, 0.3) is 0 Å². The number of thioether (sulfide) groups is 1. The van der Waals surface area contributed by atoms with E-state index in [0.29, 0.717) is 13.1 Å². The van der Waals surface area contributed by atoms with Crippen molar-refractivity contribution in [2.75, 3.05) is 33.6 Å². The molecule has 0 radical (unpaired) electrons. The average molecular weight is 324 g/mol. The van der Waals surface area contributed by atoms with E-state index in [9.17, 15) is 4.79 Å². The van der Waals surface area contributed by atoms with Crippen molar-refractivity contribution < 1.29 is 14.3 Å². The zero-order chi connectivity index (χ0) is 15.9.